The zero-order valence-corrected chi connectivity index (χ0v) is 13.5. The first kappa shape index (κ1) is 16.4. The Labute approximate surface area is 128 Å². The van der Waals surface area contributed by atoms with Crippen molar-refractivity contribution in [2.24, 2.45) is 5.92 Å². The van der Waals surface area contributed by atoms with Crippen molar-refractivity contribution in [3.05, 3.63) is 35.6 Å². The summed E-state index contributed by atoms with van der Waals surface area (Å²) in [5.74, 6) is 0.582. The predicted octanol–water partition coefficient (Wildman–Crippen LogP) is 4.46. The topological polar surface area (TPSA) is 21.3 Å². The van der Waals surface area contributed by atoms with Gasteiger partial charge in [-0.25, -0.2) is 4.39 Å². The van der Waals surface area contributed by atoms with Crippen LogP contribution in [0.2, 0.25) is 0 Å². The minimum atomic E-state index is -0.213. The summed E-state index contributed by atoms with van der Waals surface area (Å²) in [4.78, 5) is 0. The van der Waals surface area contributed by atoms with E-state index in [1.807, 2.05) is 6.07 Å². The zero-order valence-electron chi connectivity index (χ0n) is 13.5. The van der Waals surface area contributed by atoms with E-state index >= 15 is 0 Å². The Bertz CT molecular complexity index is 441. The number of rotatable bonds is 6. The van der Waals surface area contributed by atoms with Crippen molar-refractivity contribution in [1.82, 2.24) is 5.32 Å². The smallest absolute Gasteiger partial charge is 0.123 e. The molecule has 3 heteroatoms. The van der Waals surface area contributed by atoms with Gasteiger partial charge in [0, 0.05) is 7.11 Å². The first-order valence-corrected chi connectivity index (χ1v) is 8.15. The summed E-state index contributed by atoms with van der Waals surface area (Å²) in [6, 6.07) is 7.01. The van der Waals surface area contributed by atoms with Crippen molar-refractivity contribution in [2.75, 3.05) is 13.7 Å². The maximum Gasteiger partial charge on any atom is 0.123 e. The Kier molecular flexibility index (Phi) is 5.77. The van der Waals surface area contributed by atoms with Crippen molar-refractivity contribution in [3.63, 3.8) is 0 Å². The molecule has 1 aromatic rings. The van der Waals surface area contributed by atoms with Crippen molar-refractivity contribution in [3.8, 4) is 0 Å². The summed E-state index contributed by atoms with van der Waals surface area (Å²) in [7, 11) is 1.80. The van der Waals surface area contributed by atoms with E-state index in [4.69, 9.17) is 4.74 Å². The molecule has 0 amide bonds. The van der Waals surface area contributed by atoms with Crippen LogP contribution in [0.15, 0.2) is 24.3 Å². The van der Waals surface area contributed by atoms with Crippen molar-refractivity contribution in [2.45, 2.75) is 57.6 Å². The Morgan fingerprint density at radius 2 is 2.10 bits per heavy atom. The van der Waals surface area contributed by atoms with E-state index in [-0.39, 0.29) is 17.5 Å². The van der Waals surface area contributed by atoms with Gasteiger partial charge in [-0.2, -0.15) is 0 Å². The molecule has 1 aromatic carbocycles. The van der Waals surface area contributed by atoms with Gasteiger partial charge in [-0.05, 0) is 62.3 Å². The predicted molar refractivity (Wildman–Crippen MR) is 84.8 cm³/mol. The molecule has 1 aliphatic rings. The van der Waals surface area contributed by atoms with Gasteiger partial charge in [0.15, 0.2) is 0 Å². The molecule has 0 aliphatic heterocycles. The summed E-state index contributed by atoms with van der Waals surface area (Å²) in [6.07, 6.45) is 5.47. The Morgan fingerprint density at radius 3 is 2.67 bits per heavy atom. The van der Waals surface area contributed by atoms with Crippen LogP contribution in [-0.2, 0) is 4.74 Å². The van der Waals surface area contributed by atoms with Crippen LogP contribution in [0.1, 0.15) is 57.6 Å². The van der Waals surface area contributed by atoms with E-state index < -0.39 is 0 Å². The second-order valence-electron chi connectivity index (χ2n) is 6.39. The van der Waals surface area contributed by atoms with Gasteiger partial charge < -0.3 is 10.1 Å². The quantitative estimate of drug-likeness (QED) is 0.836. The van der Waals surface area contributed by atoms with E-state index in [2.05, 4.69) is 19.2 Å². The lowest BCUT2D eigenvalue weighted by Gasteiger charge is -2.44. The van der Waals surface area contributed by atoms with E-state index in [0.717, 1.165) is 37.3 Å². The van der Waals surface area contributed by atoms with E-state index in [1.165, 1.54) is 18.9 Å². The first-order valence-electron chi connectivity index (χ1n) is 8.15. The van der Waals surface area contributed by atoms with Crippen molar-refractivity contribution < 1.29 is 9.13 Å². The minimum absolute atomic E-state index is 0.0608. The summed E-state index contributed by atoms with van der Waals surface area (Å²) < 4.78 is 19.6. The Hall–Kier alpha value is -0.930. The molecule has 0 bridgehead atoms. The molecule has 1 unspecified atom stereocenters. The van der Waals surface area contributed by atoms with Gasteiger partial charge in [0.25, 0.3) is 0 Å². The Balaban J connectivity index is 2.29. The van der Waals surface area contributed by atoms with Crippen molar-refractivity contribution in [1.29, 1.82) is 0 Å². The van der Waals surface area contributed by atoms with E-state index in [0.29, 0.717) is 0 Å². The molecule has 1 fully saturated rings. The largest absolute Gasteiger partial charge is 0.376 e. The first-order chi connectivity index (χ1) is 10.1. The summed E-state index contributed by atoms with van der Waals surface area (Å²) in [5, 5.41) is 3.60. The highest BCUT2D eigenvalue weighted by Crippen LogP contribution is 2.43. The van der Waals surface area contributed by atoms with Crippen LogP contribution in [0.25, 0.3) is 0 Å². The number of ether oxygens (including phenoxy) is 1. The van der Waals surface area contributed by atoms with Gasteiger partial charge in [0.1, 0.15) is 5.82 Å². The SMILES string of the molecule is CCCNC(c1cccc(F)c1)C1(OC)CCC(C)CC1. The fraction of sp³-hybridized carbons (Fsp3) is 0.667. The average molecular weight is 293 g/mol. The second-order valence-corrected chi connectivity index (χ2v) is 6.39. The molecule has 2 nitrogen and oxygen atoms in total. The zero-order chi connectivity index (χ0) is 15.3. The standard InChI is InChI=1S/C18H28FNO/c1-4-12-20-17(15-6-5-7-16(19)13-15)18(21-3)10-8-14(2)9-11-18/h5-7,13-14,17,20H,4,8-12H2,1-3H3. The molecule has 0 spiro atoms. The summed E-state index contributed by atoms with van der Waals surface area (Å²) in [6.45, 7) is 5.37. The lowest BCUT2D eigenvalue weighted by atomic mass is 9.73. The van der Waals surface area contributed by atoms with Crippen LogP contribution in [0.3, 0.4) is 0 Å². The summed E-state index contributed by atoms with van der Waals surface area (Å²) in [5.41, 5.74) is 0.787. The van der Waals surface area contributed by atoms with Gasteiger partial charge in [-0.3, -0.25) is 0 Å². The highest BCUT2D eigenvalue weighted by Gasteiger charge is 2.42. The minimum Gasteiger partial charge on any atom is -0.376 e. The third-order valence-electron chi connectivity index (χ3n) is 4.83. The number of hydrogen-bond donors (Lipinski definition) is 1. The number of methoxy groups -OCH3 is 1. The molecule has 1 atom stereocenters. The fourth-order valence-electron chi connectivity index (χ4n) is 3.44. The van der Waals surface area contributed by atoms with Gasteiger partial charge >= 0.3 is 0 Å². The summed E-state index contributed by atoms with van der Waals surface area (Å²) >= 11 is 0. The Morgan fingerprint density at radius 1 is 1.38 bits per heavy atom. The molecular weight excluding hydrogens is 265 g/mol. The maximum absolute atomic E-state index is 13.6. The average Bonchev–Trinajstić information content (AvgIpc) is 2.50. The molecule has 0 heterocycles. The number of halogens is 1. The third kappa shape index (κ3) is 3.83. The van der Waals surface area contributed by atoms with Gasteiger partial charge in [0.05, 0.1) is 11.6 Å². The molecule has 1 saturated carbocycles. The fourth-order valence-corrected chi connectivity index (χ4v) is 3.44. The number of benzene rings is 1. The van der Waals surface area contributed by atoms with E-state index in [1.54, 1.807) is 19.2 Å². The van der Waals surface area contributed by atoms with Crippen LogP contribution in [0.4, 0.5) is 4.39 Å². The third-order valence-corrected chi connectivity index (χ3v) is 4.83. The molecule has 1 aliphatic carbocycles. The van der Waals surface area contributed by atoms with Gasteiger partial charge in [-0.1, -0.05) is 26.0 Å². The highest BCUT2D eigenvalue weighted by molar-refractivity contribution is 5.24. The van der Waals surface area contributed by atoms with Gasteiger partial charge in [-0.15, -0.1) is 0 Å². The molecule has 1 N–H and O–H groups in total. The van der Waals surface area contributed by atoms with Crippen LogP contribution >= 0.6 is 0 Å². The molecule has 21 heavy (non-hydrogen) atoms. The monoisotopic (exact) mass is 293 g/mol. The van der Waals surface area contributed by atoms with Crippen molar-refractivity contribution >= 4 is 0 Å². The normalized spacial score (nSPS) is 27.5. The lowest BCUT2D eigenvalue weighted by Crippen LogP contribution is -2.48. The molecular formula is C18H28FNO. The van der Waals surface area contributed by atoms with Gasteiger partial charge in [0.2, 0.25) is 0 Å². The molecule has 118 valence electrons. The molecule has 0 aromatic heterocycles. The maximum atomic E-state index is 13.6. The number of nitrogens with one attached hydrogen (secondary N) is 1. The molecule has 0 radical (unpaired) electrons. The van der Waals surface area contributed by atoms with Crippen LogP contribution < -0.4 is 5.32 Å². The van der Waals surface area contributed by atoms with Crippen LogP contribution in [0, 0.1) is 11.7 Å². The van der Waals surface area contributed by atoms with Crippen LogP contribution in [-0.4, -0.2) is 19.3 Å². The number of hydrogen-bond acceptors (Lipinski definition) is 2. The molecule has 0 saturated heterocycles. The molecule has 2 rings (SSSR count). The van der Waals surface area contributed by atoms with E-state index in [9.17, 15) is 4.39 Å². The van der Waals surface area contributed by atoms with Crippen LogP contribution in [0.5, 0.6) is 0 Å². The second kappa shape index (κ2) is 7.37. The highest BCUT2D eigenvalue weighted by atomic mass is 19.1. The lowest BCUT2D eigenvalue weighted by molar-refractivity contribution is -0.0760.